The summed E-state index contributed by atoms with van der Waals surface area (Å²) in [4.78, 5) is 16.2. The standard InChI is InChI=1S/C16H12IN3O/c17-12-8-9-15(18-10-12)20-16(21)19-14-7-3-5-11-4-1-2-6-13(11)14/h1-10H,(H2,18,19,20,21). The second-order valence-electron chi connectivity index (χ2n) is 4.47. The largest absolute Gasteiger partial charge is 0.324 e. The number of anilines is 2. The molecule has 0 saturated heterocycles. The molecule has 0 aliphatic heterocycles. The molecule has 0 saturated carbocycles. The van der Waals surface area contributed by atoms with Gasteiger partial charge in [-0.25, -0.2) is 9.78 Å². The van der Waals surface area contributed by atoms with Crippen LogP contribution < -0.4 is 10.6 Å². The number of hydrogen-bond donors (Lipinski definition) is 2. The molecule has 0 spiro atoms. The number of urea groups is 1. The molecule has 2 aromatic carbocycles. The molecule has 0 bridgehead atoms. The number of pyridine rings is 1. The third kappa shape index (κ3) is 3.30. The number of amides is 2. The number of nitrogens with one attached hydrogen (secondary N) is 2. The van der Waals surface area contributed by atoms with Crippen LogP contribution in [0.25, 0.3) is 10.8 Å². The van der Waals surface area contributed by atoms with Crippen molar-refractivity contribution in [3.8, 4) is 0 Å². The maximum absolute atomic E-state index is 12.0. The van der Waals surface area contributed by atoms with Gasteiger partial charge in [-0.1, -0.05) is 36.4 Å². The lowest BCUT2D eigenvalue weighted by molar-refractivity contribution is 0.262. The van der Waals surface area contributed by atoms with Crippen LogP contribution in [0.1, 0.15) is 0 Å². The van der Waals surface area contributed by atoms with Crippen LogP contribution in [0.2, 0.25) is 0 Å². The fraction of sp³-hybridized carbons (Fsp3) is 0. The number of carbonyl (C=O) groups is 1. The maximum atomic E-state index is 12.0. The number of halogens is 1. The van der Waals surface area contributed by atoms with E-state index in [0.29, 0.717) is 5.82 Å². The van der Waals surface area contributed by atoms with Crippen molar-refractivity contribution in [2.24, 2.45) is 0 Å². The molecular weight excluding hydrogens is 377 g/mol. The van der Waals surface area contributed by atoms with E-state index in [-0.39, 0.29) is 6.03 Å². The smallest absolute Gasteiger partial charge is 0.307 e. The fourth-order valence-electron chi connectivity index (χ4n) is 2.05. The predicted molar refractivity (Wildman–Crippen MR) is 93.5 cm³/mol. The average molecular weight is 389 g/mol. The Hall–Kier alpha value is -2.15. The second-order valence-corrected chi connectivity index (χ2v) is 5.71. The van der Waals surface area contributed by atoms with Gasteiger partial charge >= 0.3 is 6.03 Å². The van der Waals surface area contributed by atoms with Gasteiger partial charge < -0.3 is 5.32 Å². The van der Waals surface area contributed by atoms with Gasteiger partial charge in [0.25, 0.3) is 0 Å². The second kappa shape index (κ2) is 6.09. The first-order valence-corrected chi connectivity index (χ1v) is 7.47. The van der Waals surface area contributed by atoms with E-state index in [1.165, 1.54) is 0 Å². The summed E-state index contributed by atoms with van der Waals surface area (Å²) < 4.78 is 1.02. The third-order valence-electron chi connectivity index (χ3n) is 3.01. The molecule has 0 radical (unpaired) electrons. The molecule has 2 amide bonds. The highest BCUT2D eigenvalue weighted by molar-refractivity contribution is 14.1. The first kappa shape index (κ1) is 13.8. The van der Waals surface area contributed by atoms with Crippen molar-refractivity contribution < 1.29 is 4.79 Å². The van der Waals surface area contributed by atoms with E-state index >= 15 is 0 Å². The van der Waals surface area contributed by atoms with Crippen LogP contribution in [0, 0.1) is 3.57 Å². The molecule has 0 unspecified atom stereocenters. The van der Waals surface area contributed by atoms with Gasteiger partial charge in [0.2, 0.25) is 0 Å². The molecule has 0 aliphatic rings. The fourth-order valence-corrected chi connectivity index (χ4v) is 2.37. The van der Waals surface area contributed by atoms with Crippen LogP contribution in [0.5, 0.6) is 0 Å². The Bertz CT molecular complexity index is 782. The highest BCUT2D eigenvalue weighted by atomic mass is 127. The molecule has 4 nitrogen and oxygen atoms in total. The molecule has 0 aliphatic carbocycles. The SMILES string of the molecule is O=C(Nc1ccc(I)cn1)Nc1cccc2ccccc12. The monoisotopic (exact) mass is 389 g/mol. The molecule has 104 valence electrons. The van der Waals surface area contributed by atoms with E-state index < -0.39 is 0 Å². The van der Waals surface area contributed by atoms with E-state index in [9.17, 15) is 4.79 Å². The number of nitrogens with zero attached hydrogens (tertiary/aromatic N) is 1. The third-order valence-corrected chi connectivity index (χ3v) is 3.64. The summed E-state index contributed by atoms with van der Waals surface area (Å²) in [7, 11) is 0. The van der Waals surface area contributed by atoms with Crippen LogP contribution in [0.3, 0.4) is 0 Å². The van der Waals surface area contributed by atoms with Crippen molar-refractivity contribution in [2.45, 2.75) is 0 Å². The minimum atomic E-state index is -0.305. The Kier molecular flexibility index (Phi) is 4.01. The Morgan fingerprint density at radius 2 is 1.76 bits per heavy atom. The maximum Gasteiger partial charge on any atom is 0.324 e. The molecule has 0 fully saturated rings. The van der Waals surface area contributed by atoms with E-state index in [2.05, 4.69) is 38.2 Å². The first-order chi connectivity index (χ1) is 10.2. The van der Waals surface area contributed by atoms with Crippen LogP contribution in [0.15, 0.2) is 60.8 Å². The number of benzene rings is 2. The van der Waals surface area contributed by atoms with E-state index in [1.54, 1.807) is 12.3 Å². The summed E-state index contributed by atoms with van der Waals surface area (Å²) in [5.41, 5.74) is 0.774. The molecule has 3 aromatic rings. The summed E-state index contributed by atoms with van der Waals surface area (Å²) in [6.45, 7) is 0. The molecule has 1 aromatic heterocycles. The van der Waals surface area contributed by atoms with Gasteiger partial charge in [0.05, 0.1) is 5.69 Å². The zero-order valence-electron chi connectivity index (χ0n) is 11.0. The molecule has 3 rings (SSSR count). The van der Waals surface area contributed by atoms with Crippen LogP contribution in [-0.2, 0) is 0 Å². The Labute approximate surface area is 135 Å². The lowest BCUT2D eigenvalue weighted by Gasteiger charge is -2.09. The van der Waals surface area contributed by atoms with Crippen molar-refractivity contribution >= 4 is 50.9 Å². The van der Waals surface area contributed by atoms with Gasteiger partial charge in [0.1, 0.15) is 5.82 Å². The predicted octanol–water partition coefficient (Wildman–Crippen LogP) is 4.48. The lowest BCUT2D eigenvalue weighted by Crippen LogP contribution is -2.20. The number of aromatic nitrogens is 1. The van der Waals surface area contributed by atoms with Crippen molar-refractivity contribution in [1.29, 1.82) is 0 Å². The van der Waals surface area contributed by atoms with Gasteiger partial charge in [-0.3, -0.25) is 5.32 Å². The Morgan fingerprint density at radius 3 is 2.57 bits per heavy atom. The summed E-state index contributed by atoms with van der Waals surface area (Å²) in [6.07, 6.45) is 1.70. The molecule has 0 atom stereocenters. The zero-order chi connectivity index (χ0) is 14.7. The number of carbonyl (C=O) groups excluding carboxylic acids is 1. The van der Waals surface area contributed by atoms with E-state index in [4.69, 9.17) is 0 Å². The van der Waals surface area contributed by atoms with Gasteiger partial charge in [0.15, 0.2) is 0 Å². The number of rotatable bonds is 2. The summed E-state index contributed by atoms with van der Waals surface area (Å²) >= 11 is 2.17. The van der Waals surface area contributed by atoms with Gasteiger partial charge in [0, 0.05) is 15.2 Å². The molecule has 2 N–H and O–H groups in total. The van der Waals surface area contributed by atoms with Crippen molar-refractivity contribution in [1.82, 2.24) is 4.98 Å². The minimum Gasteiger partial charge on any atom is -0.307 e. The van der Waals surface area contributed by atoms with Gasteiger partial charge in [-0.05, 0) is 46.2 Å². The highest BCUT2D eigenvalue weighted by Gasteiger charge is 2.06. The molecular formula is C16H12IN3O. The summed E-state index contributed by atoms with van der Waals surface area (Å²) in [5.74, 6) is 0.521. The summed E-state index contributed by atoms with van der Waals surface area (Å²) in [5, 5.41) is 7.67. The highest BCUT2D eigenvalue weighted by Crippen LogP contribution is 2.23. The Morgan fingerprint density at radius 1 is 0.952 bits per heavy atom. The van der Waals surface area contributed by atoms with Gasteiger partial charge in [-0.15, -0.1) is 0 Å². The zero-order valence-corrected chi connectivity index (χ0v) is 13.2. The van der Waals surface area contributed by atoms with Crippen molar-refractivity contribution in [3.05, 3.63) is 64.4 Å². The normalized spacial score (nSPS) is 10.3. The Balaban J connectivity index is 1.79. The van der Waals surface area contributed by atoms with Crippen LogP contribution in [-0.4, -0.2) is 11.0 Å². The molecule has 21 heavy (non-hydrogen) atoms. The summed E-state index contributed by atoms with van der Waals surface area (Å²) in [6, 6.07) is 17.1. The first-order valence-electron chi connectivity index (χ1n) is 6.40. The topological polar surface area (TPSA) is 54.0 Å². The molecule has 1 heterocycles. The lowest BCUT2D eigenvalue weighted by atomic mass is 10.1. The van der Waals surface area contributed by atoms with Gasteiger partial charge in [-0.2, -0.15) is 0 Å². The number of fused-ring (bicyclic) bond motifs is 1. The van der Waals surface area contributed by atoms with Crippen molar-refractivity contribution in [2.75, 3.05) is 10.6 Å². The van der Waals surface area contributed by atoms with Crippen LogP contribution >= 0.6 is 22.6 Å². The number of hydrogen-bond acceptors (Lipinski definition) is 2. The average Bonchev–Trinajstić information content (AvgIpc) is 2.50. The van der Waals surface area contributed by atoms with Crippen LogP contribution in [0.4, 0.5) is 16.3 Å². The molecule has 5 heteroatoms. The minimum absolute atomic E-state index is 0.305. The van der Waals surface area contributed by atoms with E-state index in [1.807, 2.05) is 48.5 Å². The van der Waals surface area contributed by atoms with E-state index in [0.717, 1.165) is 20.0 Å². The quantitative estimate of drug-likeness (QED) is 0.635. The van der Waals surface area contributed by atoms with Crippen molar-refractivity contribution in [3.63, 3.8) is 0 Å².